The van der Waals surface area contributed by atoms with E-state index in [9.17, 15) is 4.79 Å². The second-order valence-electron chi connectivity index (χ2n) is 6.64. The first-order valence-corrected chi connectivity index (χ1v) is 6.91. The van der Waals surface area contributed by atoms with Gasteiger partial charge < -0.3 is 11.1 Å². The molecular weight excluding hydrogens is 212 g/mol. The summed E-state index contributed by atoms with van der Waals surface area (Å²) < 4.78 is 0. The Labute approximate surface area is 106 Å². The lowest BCUT2D eigenvalue weighted by atomic mass is 9.90. The van der Waals surface area contributed by atoms with Crippen molar-refractivity contribution in [3.05, 3.63) is 0 Å². The van der Waals surface area contributed by atoms with Crippen molar-refractivity contribution < 1.29 is 4.79 Å². The van der Waals surface area contributed by atoms with Crippen molar-refractivity contribution in [1.29, 1.82) is 0 Å². The second-order valence-corrected chi connectivity index (χ2v) is 6.64. The van der Waals surface area contributed by atoms with Crippen LogP contribution in [-0.4, -0.2) is 18.0 Å². The Kier molecular flexibility index (Phi) is 4.99. The number of hydrogen-bond donors (Lipinski definition) is 2. The van der Waals surface area contributed by atoms with Crippen LogP contribution in [0.3, 0.4) is 0 Å². The zero-order valence-electron chi connectivity index (χ0n) is 11.6. The number of rotatable bonds is 5. The lowest BCUT2D eigenvalue weighted by Crippen LogP contribution is -2.52. The Morgan fingerprint density at radius 1 is 1.24 bits per heavy atom. The van der Waals surface area contributed by atoms with E-state index in [0.717, 1.165) is 38.6 Å². The minimum atomic E-state index is -0.565. The average Bonchev–Trinajstić information content (AvgIpc) is 2.64. The molecule has 3 heteroatoms. The van der Waals surface area contributed by atoms with Crippen molar-refractivity contribution >= 4 is 5.91 Å². The molecule has 0 aromatic carbocycles. The molecule has 0 aromatic heterocycles. The summed E-state index contributed by atoms with van der Waals surface area (Å²) in [5.41, 5.74) is 5.90. The highest BCUT2D eigenvalue weighted by Gasteiger charge is 2.36. The standard InChI is InChI=1S/C14H28N2O/c1-13(2,3)8-6-7-11-16-12(17)14(15)9-4-5-10-14/h4-11,15H2,1-3H3,(H,16,17). The highest BCUT2D eigenvalue weighted by molar-refractivity contribution is 5.86. The molecule has 0 spiro atoms. The van der Waals surface area contributed by atoms with E-state index in [2.05, 4.69) is 26.1 Å². The molecule has 1 amide bonds. The van der Waals surface area contributed by atoms with Crippen LogP contribution in [0.1, 0.15) is 65.7 Å². The molecule has 0 heterocycles. The number of amides is 1. The van der Waals surface area contributed by atoms with Gasteiger partial charge in [-0.1, -0.05) is 40.0 Å². The van der Waals surface area contributed by atoms with Crippen LogP contribution >= 0.6 is 0 Å². The summed E-state index contributed by atoms with van der Waals surface area (Å²) in [5, 5.41) is 2.99. The smallest absolute Gasteiger partial charge is 0.240 e. The number of carbonyl (C=O) groups excluding carboxylic acids is 1. The van der Waals surface area contributed by atoms with Crippen molar-refractivity contribution in [1.82, 2.24) is 5.32 Å². The van der Waals surface area contributed by atoms with Crippen molar-refractivity contribution in [2.24, 2.45) is 11.1 Å². The Hall–Kier alpha value is -0.570. The van der Waals surface area contributed by atoms with E-state index in [1.807, 2.05) is 0 Å². The minimum absolute atomic E-state index is 0.0609. The SMILES string of the molecule is CC(C)(C)CCCCNC(=O)C1(N)CCCC1. The fraction of sp³-hybridized carbons (Fsp3) is 0.929. The Bertz CT molecular complexity index is 249. The molecule has 0 aliphatic heterocycles. The van der Waals surface area contributed by atoms with Crippen LogP contribution in [0.25, 0.3) is 0 Å². The molecule has 1 aliphatic rings. The number of hydrogen-bond acceptors (Lipinski definition) is 2. The topological polar surface area (TPSA) is 55.1 Å². The summed E-state index contributed by atoms with van der Waals surface area (Å²) in [4.78, 5) is 11.9. The van der Waals surface area contributed by atoms with Gasteiger partial charge in [-0.05, 0) is 31.1 Å². The summed E-state index contributed by atoms with van der Waals surface area (Å²) >= 11 is 0. The van der Waals surface area contributed by atoms with E-state index in [-0.39, 0.29) is 5.91 Å². The normalized spacial score (nSPS) is 19.3. The molecule has 17 heavy (non-hydrogen) atoms. The monoisotopic (exact) mass is 240 g/mol. The predicted molar refractivity (Wildman–Crippen MR) is 71.7 cm³/mol. The molecule has 0 unspecified atom stereocenters. The number of nitrogens with one attached hydrogen (secondary N) is 1. The highest BCUT2D eigenvalue weighted by Crippen LogP contribution is 2.27. The molecule has 3 nitrogen and oxygen atoms in total. The Balaban J connectivity index is 2.12. The fourth-order valence-corrected chi connectivity index (χ4v) is 2.39. The van der Waals surface area contributed by atoms with Gasteiger partial charge >= 0.3 is 0 Å². The lowest BCUT2D eigenvalue weighted by molar-refractivity contribution is -0.126. The van der Waals surface area contributed by atoms with Gasteiger partial charge in [0.15, 0.2) is 0 Å². The van der Waals surface area contributed by atoms with E-state index in [0.29, 0.717) is 5.41 Å². The zero-order chi connectivity index (χ0) is 12.9. The van der Waals surface area contributed by atoms with Gasteiger partial charge in [0.25, 0.3) is 0 Å². The Morgan fingerprint density at radius 2 is 1.82 bits per heavy atom. The third-order valence-electron chi connectivity index (χ3n) is 3.59. The van der Waals surface area contributed by atoms with E-state index in [4.69, 9.17) is 5.73 Å². The third kappa shape index (κ3) is 5.07. The minimum Gasteiger partial charge on any atom is -0.355 e. The van der Waals surface area contributed by atoms with Gasteiger partial charge in [-0.25, -0.2) is 0 Å². The maximum Gasteiger partial charge on any atom is 0.240 e. The van der Waals surface area contributed by atoms with Crippen molar-refractivity contribution in [2.75, 3.05) is 6.54 Å². The summed E-state index contributed by atoms with van der Waals surface area (Å²) in [6, 6.07) is 0. The van der Waals surface area contributed by atoms with E-state index < -0.39 is 5.54 Å². The first kappa shape index (κ1) is 14.5. The van der Waals surface area contributed by atoms with E-state index in [1.165, 1.54) is 12.8 Å². The van der Waals surface area contributed by atoms with Gasteiger partial charge in [-0.2, -0.15) is 0 Å². The van der Waals surface area contributed by atoms with Gasteiger partial charge in [-0.15, -0.1) is 0 Å². The summed E-state index contributed by atoms with van der Waals surface area (Å²) in [7, 11) is 0. The van der Waals surface area contributed by atoms with E-state index >= 15 is 0 Å². The third-order valence-corrected chi connectivity index (χ3v) is 3.59. The molecule has 0 saturated heterocycles. The first-order valence-electron chi connectivity index (χ1n) is 6.91. The van der Waals surface area contributed by atoms with Gasteiger partial charge in [0, 0.05) is 6.54 Å². The number of nitrogens with two attached hydrogens (primary N) is 1. The summed E-state index contributed by atoms with van der Waals surface area (Å²) in [6.45, 7) is 7.52. The van der Waals surface area contributed by atoms with Gasteiger partial charge in [0.1, 0.15) is 0 Å². The average molecular weight is 240 g/mol. The van der Waals surface area contributed by atoms with Crippen LogP contribution in [0.15, 0.2) is 0 Å². The Morgan fingerprint density at radius 3 is 2.35 bits per heavy atom. The van der Waals surface area contributed by atoms with Gasteiger partial charge in [0.2, 0.25) is 5.91 Å². The van der Waals surface area contributed by atoms with Crippen molar-refractivity contribution in [3.8, 4) is 0 Å². The van der Waals surface area contributed by atoms with Crippen molar-refractivity contribution in [3.63, 3.8) is 0 Å². The predicted octanol–water partition coefficient (Wildman–Crippen LogP) is 2.59. The molecule has 1 aliphatic carbocycles. The fourth-order valence-electron chi connectivity index (χ4n) is 2.39. The van der Waals surface area contributed by atoms with Crippen LogP contribution in [0, 0.1) is 5.41 Å². The molecular formula is C14H28N2O. The zero-order valence-corrected chi connectivity index (χ0v) is 11.6. The highest BCUT2D eigenvalue weighted by atomic mass is 16.2. The maximum atomic E-state index is 11.9. The molecule has 0 radical (unpaired) electrons. The lowest BCUT2D eigenvalue weighted by Gasteiger charge is -2.22. The van der Waals surface area contributed by atoms with Crippen molar-refractivity contribution in [2.45, 2.75) is 71.3 Å². The molecule has 3 N–H and O–H groups in total. The first-order chi connectivity index (χ1) is 7.83. The number of unbranched alkanes of at least 4 members (excludes halogenated alkanes) is 1. The van der Waals surface area contributed by atoms with E-state index in [1.54, 1.807) is 0 Å². The van der Waals surface area contributed by atoms with Crippen LogP contribution in [0.2, 0.25) is 0 Å². The second kappa shape index (κ2) is 5.85. The largest absolute Gasteiger partial charge is 0.355 e. The van der Waals surface area contributed by atoms with Crippen LogP contribution in [-0.2, 0) is 4.79 Å². The summed E-state index contributed by atoms with van der Waals surface area (Å²) in [6.07, 6.45) is 7.31. The van der Waals surface area contributed by atoms with Gasteiger partial charge in [-0.3, -0.25) is 4.79 Å². The molecule has 1 saturated carbocycles. The molecule has 0 atom stereocenters. The quantitative estimate of drug-likeness (QED) is 0.726. The number of carbonyl (C=O) groups is 1. The van der Waals surface area contributed by atoms with Crippen LogP contribution < -0.4 is 11.1 Å². The van der Waals surface area contributed by atoms with Crippen LogP contribution in [0.4, 0.5) is 0 Å². The molecule has 1 fully saturated rings. The molecule has 1 rings (SSSR count). The van der Waals surface area contributed by atoms with Gasteiger partial charge in [0.05, 0.1) is 5.54 Å². The van der Waals surface area contributed by atoms with Crippen LogP contribution in [0.5, 0.6) is 0 Å². The summed E-state index contributed by atoms with van der Waals surface area (Å²) in [5.74, 6) is 0.0609. The molecule has 0 aromatic rings. The maximum absolute atomic E-state index is 11.9. The molecule has 100 valence electrons. The molecule has 0 bridgehead atoms.